The van der Waals surface area contributed by atoms with E-state index in [9.17, 15) is 4.79 Å². The van der Waals surface area contributed by atoms with Crippen LogP contribution in [0.15, 0.2) is 53.7 Å². The lowest BCUT2D eigenvalue weighted by atomic mass is 10.1. The van der Waals surface area contributed by atoms with Crippen molar-refractivity contribution < 1.29 is 4.79 Å². The molecule has 3 rings (SSSR count). The number of thioether (sulfide) groups is 1. The number of rotatable bonds is 6. The summed E-state index contributed by atoms with van der Waals surface area (Å²) in [6.45, 7) is 2.12. The zero-order valence-electron chi connectivity index (χ0n) is 13.6. The molecule has 7 heteroatoms. The summed E-state index contributed by atoms with van der Waals surface area (Å²) in [6, 6.07) is 15.2. The first-order valence-corrected chi connectivity index (χ1v) is 9.20. The Hall–Kier alpha value is -2.31. The van der Waals surface area contributed by atoms with Crippen LogP contribution in [0, 0.1) is 0 Å². The van der Waals surface area contributed by atoms with E-state index in [1.165, 1.54) is 17.3 Å². The van der Waals surface area contributed by atoms with Gasteiger partial charge in [-0.3, -0.25) is 9.89 Å². The largest absolute Gasteiger partial charge is 0.325 e. The van der Waals surface area contributed by atoms with E-state index < -0.39 is 0 Å². The molecule has 0 aliphatic rings. The summed E-state index contributed by atoms with van der Waals surface area (Å²) in [7, 11) is 0. The van der Waals surface area contributed by atoms with Crippen molar-refractivity contribution in [3.63, 3.8) is 0 Å². The van der Waals surface area contributed by atoms with Gasteiger partial charge in [0.1, 0.15) is 0 Å². The molecular formula is C18H17ClN4OS. The molecule has 2 N–H and O–H groups in total. The molecule has 1 amide bonds. The third-order valence-corrected chi connectivity index (χ3v) is 4.66. The summed E-state index contributed by atoms with van der Waals surface area (Å²) in [4.78, 5) is 16.4. The number of anilines is 1. The Balaban J connectivity index is 1.55. The Morgan fingerprint density at radius 2 is 1.88 bits per heavy atom. The molecule has 0 fully saturated rings. The Morgan fingerprint density at radius 1 is 1.16 bits per heavy atom. The second-order valence-corrected chi connectivity index (χ2v) is 6.74. The minimum atomic E-state index is -0.119. The van der Waals surface area contributed by atoms with Crippen molar-refractivity contribution in [3.05, 3.63) is 59.1 Å². The topological polar surface area (TPSA) is 70.7 Å². The van der Waals surface area contributed by atoms with Crippen LogP contribution < -0.4 is 5.32 Å². The van der Waals surface area contributed by atoms with E-state index in [2.05, 4.69) is 39.6 Å². The Bertz CT molecular complexity index is 846. The van der Waals surface area contributed by atoms with Crippen molar-refractivity contribution in [1.29, 1.82) is 0 Å². The van der Waals surface area contributed by atoms with Crippen LogP contribution in [0.2, 0.25) is 5.02 Å². The highest BCUT2D eigenvalue weighted by atomic mass is 35.5. The summed E-state index contributed by atoms with van der Waals surface area (Å²) in [5.41, 5.74) is 2.96. The van der Waals surface area contributed by atoms with Crippen molar-refractivity contribution in [2.24, 2.45) is 0 Å². The highest BCUT2D eigenvalue weighted by Gasteiger charge is 2.09. The second kappa shape index (κ2) is 8.18. The molecule has 0 bridgehead atoms. The van der Waals surface area contributed by atoms with Crippen LogP contribution in [0.25, 0.3) is 11.4 Å². The molecule has 0 saturated heterocycles. The van der Waals surface area contributed by atoms with Crippen LogP contribution >= 0.6 is 23.4 Å². The average molecular weight is 373 g/mol. The van der Waals surface area contributed by atoms with Crippen molar-refractivity contribution in [1.82, 2.24) is 15.2 Å². The molecule has 0 atom stereocenters. The van der Waals surface area contributed by atoms with E-state index in [0.717, 1.165) is 12.0 Å². The Morgan fingerprint density at radius 3 is 2.56 bits per heavy atom. The number of benzene rings is 2. The van der Waals surface area contributed by atoms with Gasteiger partial charge in [-0.25, -0.2) is 4.98 Å². The molecule has 0 aliphatic heterocycles. The van der Waals surface area contributed by atoms with Crippen LogP contribution in [0.3, 0.4) is 0 Å². The summed E-state index contributed by atoms with van der Waals surface area (Å²) < 4.78 is 0. The van der Waals surface area contributed by atoms with Gasteiger partial charge in [0.2, 0.25) is 11.1 Å². The van der Waals surface area contributed by atoms with Gasteiger partial charge in [0.05, 0.1) is 5.75 Å². The Labute approximate surface area is 155 Å². The van der Waals surface area contributed by atoms with Gasteiger partial charge in [0.25, 0.3) is 0 Å². The summed E-state index contributed by atoms with van der Waals surface area (Å²) in [5, 5.41) is 11.0. The van der Waals surface area contributed by atoms with Crippen LogP contribution in [0.5, 0.6) is 0 Å². The molecule has 0 radical (unpaired) electrons. The Kier molecular flexibility index (Phi) is 5.73. The number of H-pyrrole nitrogens is 1. The SMILES string of the molecule is CCc1ccc(-c2nc(SCC(=O)Nc3ccc(Cl)cc3)n[nH]2)cc1. The van der Waals surface area contributed by atoms with E-state index in [1.807, 2.05) is 12.1 Å². The molecule has 0 saturated carbocycles. The fourth-order valence-corrected chi connectivity index (χ4v) is 2.92. The molecular weight excluding hydrogens is 356 g/mol. The number of amides is 1. The number of nitrogens with zero attached hydrogens (tertiary/aromatic N) is 2. The number of nitrogens with one attached hydrogen (secondary N) is 2. The van der Waals surface area contributed by atoms with Crippen molar-refractivity contribution in [2.45, 2.75) is 18.5 Å². The number of carbonyl (C=O) groups is 1. The molecule has 2 aromatic carbocycles. The fourth-order valence-electron chi connectivity index (χ4n) is 2.20. The normalized spacial score (nSPS) is 10.6. The minimum Gasteiger partial charge on any atom is -0.325 e. The van der Waals surface area contributed by atoms with E-state index in [0.29, 0.717) is 21.7 Å². The first-order valence-electron chi connectivity index (χ1n) is 7.84. The van der Waals surface area contributed by atoms with Crippen LogP contribution in [0.4, 0.5) is 5.69 Å². The van der Waals surface area contributed by atoms with Gasteiger partial charge in [-0.15, -0.1) is 5.10 Å². The van der Waals surface area contributed by atoms with E-state index in [-0.39, 0.29) is 11.7 Å². The van der Waals surface area contributed by atoms with Crippen LogP contribution in [-0.4, -0.2) is 26.8 Å². The highest BCUT2D eigenvalue weighted by molar-refractivity contribution is 7.99. The molecule has 0 aliphatic carbocycles. The zero-order valence-corrected chi connectivity index (χ0v) is 15.2. The summed E-state index contributed by atoms with van der Waals surface area (Å²) in [6.07, 6.45) is 1.00. The van der Waals surface area contributed by atoms with E-state index in [1.54, 1.807) is 24.3 Å². The number of halogens is 1. The quantitative estimate of drug-likeness (QED) is 0.628. The number of carbonyl (C=O) groups excluding carboxylic acids is 1. The monoisotopic (exact) mass is 372 g/mol. The van der Waals surface area contributed by atoms with Gasteiger partial charge in [0.15, 0.2) is 5.82 Å². The fraction of sp³-hybridized carbons (Fsp3) is 0.167. The molecule has 128 valence electrons. The lowest BCUT2D eigenvalue weighted by molar-refractivity contribution is -0.113. The van der Waals surface area contributed by atoms with E-state index >= 15 is 0 Å². The second-order valence-electron chi connectivity index (χ2n) is 5.36. The smallest absolute Gasteiger partial charge is 0.234 e. The van der Waals surface area contributed by atoms with Gasteiger partial charge < -0.3 is 5.32 Å². The third kappa shape index (κ3) is 4.84. The maximum atomic E-state index is 12.0. The number of hydrogen-bond acceptors (Lipinski definition) is 4. The van der Waals surface area contributed by atoms with E-state index in [4.69, 9.17) is 11.6 Å². The molecule has 1 heterocycles. The maximum Gasteiger partial charge on any atom is 0.234 e. The number of aromatic nitrogens is 3. The predicted octanol–water partition coefficient (Wildman–Crippen LogP) is 4.42. The average Bonchev–Trinajstić information content (AvgIpc) is 3.11. The van der Waals surface area contributed by atoms with Crippen molar-refractivity contribution >= 4 is 35.0 Å². The molecule has 1 aromatic heterocycles. The van der Waals surface area contributed by atoms with Crippen molar-refractivity contribution in [2.75, 3.05) is 11.1 Å². The molecule has 0 spiro atoms. The van der Waals surface area contributed by atoms with Gasteiger partial charge in [-0.1, -0.05) is 54.6 Å². The minimum absolute atomic E-state index is 0.119. The molecule has 5 nitrogen and oxygen atoms in total. The summed E-state index contributed by atoms with van der Waals surface area (Å²) in [5.74, 6) is 0.809. The summed E-state index contributed by atoms with van der Waals surface area (Å²) >= 11 is 7.10. The van der Waals surface area contributed by atoms with Crippen molar-refractivity contribution in [3.8, 4) is 11.4 Å². The predicted molar refractivity (Wildman–Crippen MR) is 102 cm³/mol. The van der Waals surface area contributed by atoms with Crippen LogP contribution in [0.1, 0.15) is 12.5 Å². The standard InChI is InChI=1S/C18H17ClN4OS/c1-2-12-3-5-13(6-4-12)17-21-18(23-22-17)25-11-16(24)20-15-9-7-14(19)8-10-15/h3-10H,2,11H2,1H3,(H,20,24)(H,21,22,23). The number of aryl methyl sites for hydroxylation is 1. The van der Waals surface area contributed by atoms with Crippen LogP contribution in [-0.2, 0) is 11.2 Å². The zero-order chi connectivity index (χ0) is 17.6. The van der Waals surface area contributed by atoms with Gasteiger partial charge in [-0.2, -0.15) is 0 Å². The molecule has 3 aromatic rings. The lowest BCUT2D eigenvalue weighted by Gasteiger charge is -2.03. The third-order valence-electron chi connectivity index (χ3n) is 3.56. The van der Waals surface area contributed by atoms with Gasteiger partial charge >= 0.3 is 0 Å². The maximum absolute atomic E-state index is 12.0. The number of hydrogen-bond donors (Lipinski definition) is 2. The molecule has 25 heavy (non-hydrogen) atoms. The lowest BCUT2D eigenvalue weighted by Crippen LogP contribution is -2.13. The number of aromatic amines is 1. The molecule has 0 unspecified atom stereocenters. The van der Waals surface area contributed by atoms with Gasteiger partial charge in [-0.05, 0) is 36.2 Å². The first kappa shape index (κ1) is 17.5. The first-order chi connectivity index (χ1) is 12.1. The van der Waals surface area contributed by atoms with Gasteiger partial charge in [0, 0.05) is 16.3 Å². The highest BCUT2D eigenvalue weighted by Crippen LogP contribution is 2.20.